The Morgan fingerprint density at radius 3 is 2.36 bits per heavy atom. The Bertz CT molecular complexity index is 170. The molecule has 0 aliphatic rings. The molecule has 14 heavy (non-hydrogen) atoms. The standard InChI is InChI=1S/C10H23O3P/c1-4-7-14(12,8-5-11)9-6-13-10(2)3/h10-11H,4-9H2,1-3H3. The predicted octanol–water partition coefficient (Wildman–Crippen LogP) is 2.18. The van der Waals surface area contributed by atoms with Gasteiger partial charge in [-0.15, -0.1) is 0 Å². The van der Waals surface area contributed by atoms with Crippen LogP contribution < -0.4 is 0 Å². The first-order valence-electron chi connectivity index (χ1n) is 5.33. The predicted molar refractivity (Wildman–Crippen MR) is 60.7 cm³/mol. The summed E-state index contributed by atoms with van der Waals surface area (Å²) in [5.41, 5.74) is 0. The highest BCUT2D eigenvalue weighted by Crippen LogP contribution is 2.45. The molecule has 0 radical (unpaired) electrons. The van der Waals surface area contributed by atoms with Crippen LogP contribution in [0.15, 0.2) is 0 Å². The Kier molecular flexibility index (Phi) is 7.52. The lowest BCUT2D eigenvalue weighted by Crippen LogP contribution is -2.11. The number of aliphatic hydroxyl groups excluding tert-OH is 1. The summed E-state index contributed by atoms with van der Waals surface area (Å²) < 4.78 is 17.5. The molecule has 0 bridgehead atoms. The minimum absolute atomic E-state index is 0.0267. The van der Waals surface area contributed by atoms with Crippen molar-refractivity contribution >= 4 is 7.14 Å². The van der Waals surface area contributed by atoms with E-state index in [4.69, 9.17) is 9.84 Å². The second-order valence-corrected chi connectivity index (χ2v) is 7.33. The molecule has 0 aliphatic heterocycles. The third-order valence-corrected chi connectivity index (χ3v) is 5.36. The van der Waals surface area contributed by atoms with Crippen molar-refractivity contribution in [3.63, 3.8) is 0 Å². The summed E-state index contributed by atoms with van der Waals surface area (Å²) in [7, 11) is -2.15. The van der Waals surface area contributed by atoms with Crippen molar-refractivity contribution in [1.29, 1.82) is 0 Å². The van der Waals surface area contributed by atoms with Crippen LogP contribution in [0.4, 0.5) is 0 Å². The smallest absolute Gasteiger partial charge is 0.0922 e. The summed E-state index contributed by atoms with van der Waals surface area (Å²) in [4.78, 5) is 0. The van der Waals surface area contributed by atoms with E-state index in [0.717, 1.165) is 12.6 Å². The lowest BCUT2D eigenvalue weighted by atomic mass is 10.5. The molecule has 0 rings (SSSR count). The maximum Gasteiger partial charge on any atom is 0.0922 e. The molecular weight excluding hydrogens is 199 g/mol. The van der Waals surface area contributed by atoms with Crippen LogP contribution in [0.25, 0.3) is 0 Å². The molecule has 86 valence electrons. The van der Waals surface area contributed by atoms with E-state index in [0.29, 0.717) is 18.9 Å². The number of ether oxygens (including phenoxy) is 1. The Hall–Kier alpha value is 0.150. The van der Waals surface area contributed by atoms with E-state index in [1.807, 2.05) is 20.8 Å². The maximum absolute atomic E-state index is 12.2. The van der Waals surface area contributed by atoms with E-state index < -0.39 is 7.14 Å². The van der Waals surface area contributed by atoms with Crippen molar-refractivity contribution in [1.82, 2.24) is 0 Å². The van der Waals surface area contributed by atoms with Crippen molar-refractivity contribution < 1.29 is 14.4 Å². The zero-order chi connectivity index (χ0) is 11.0. The molecule has 0 aliphatic carbocycles. The first kappa shape index (κ1) is 14.2. The Morgan fingerprint density at radius 2 is 1.93 bits per heavy atom. The SMILES string of the molecule is CCCP(=O)(CCO)CCOC(C)C. The van der Waals surface area contributed by atoms with Crippen LogP contribution in [0.1, 0.15) is 27.2 Å². The van der Waals surface area contributed by atoms with E-state index in [-0.39, 0.29) is 12.7 Å². The van der Waals surface area contributed by atoms with Crippen LogP contribution >= 0.6 is 7.14 Å². The van der Waals surface area contributed by atoms with Crippen LogP contribution in [0.3, 0.4) is 0 Å². The minimum Gasteiger partial charge on any atom is -0.396 e. The summed E-state index contributed by atoms with van der Waals surface area (Å²) in [6.45, 7) is 6.54. The van der Waals surface area contributed by atoms with Gasteiger partial charge < -0.3 is 14.4 Å². The molecule has 1 N–H and O–H groups in total. The monoisotopic (exact) mass is 222 g/mol. The second-order valence-electron chi connectivity index (χ2n) is 3.87. The van der Waals surface area contributed by atoms with Crippen molar-refractivity contribution in [2.45, 2.75) is 33.3 Å². The molecule has 1 atom stereocenters. The van der Waals surface area contributed by atoms with E-state index in [2.05, 4.69) is 0 Å². The van der Waals surface area contributed by atoms with Crippen molar-refractivity contribution in [3.05, 3.63) is 0 Å². The summed E-state index contributed by atoms with van der Waals surface area (Å²) >= 11 is 0. The molecule has 0 heterocycles. The van der Waals surface area contributed by atoms with Gasteiger partial charge in [-0.05, 0) is 20.3 Å². The number of hydrogen-bond donors (Lipinski definition) is 1. The van der Waals surface area contributed by atoms with E-state index in [1.54, 1.807) is 0 Å². The quantitative estimate of drug-likeness (QED) is 0.640. The van der Waals surface area contributed by atoms with E-state index >= 15 is 0 Å². The molecule has 0 aromatic heterocycles. The Morgan fingerprint density at radius 1 is 1.29 bits per heavy atom. The zero-order valence-electron chi connectivity index (χ0n) is 9.53. The molecule has 3 nitrogen and oxygen atoms in total. The fourth-order valence-electron chi connectivity index (χ4n) is 1.38. The molecule has 4 heteroatoms. The summed E-state index contributed by atoms with van der Waals surface area (Å²) in [6.07, 6.45) is 2.90. The van der Waals surface area contributed by atoms with Gasteiger partial charge in [0.2, 0.25) is 0 Å². The molecule has 0 saturated heterocycles. The largest absolute Gasteiger partial charge is 0.396 e. The fourth-order valence-corrected chi connectivity index (χ4v) is 3.67. The average Bonchev–Trinajstić information content (AvgIpc) is 2.03. The van der Waals surface area contributed by atoms with Gasteiger partial charge >= 0.3 is 0 Å². The first-order chi connectivity index (χ1) is 6.54. The van der Waals surface area contributed by atoms with Gasteiger partial charge in [-0.25, -0.2) is 0 Å². The van der Waals surface area contributed by atoms with Gasteiger partial charge in [0.05, 0.1) is 19.9 Å². The number of rotatable bonds is 8. The topological polar surface area (TPSA) is 46.5 Å². The summed E-state index contributed by atoms with van der Waals surface area (Å²) in [5.74, 6) is 0. The van der Waals surface area contributed by atoms with Gasteiger partial charge in [0.15, 0.2) is 0 Å². The van der Waals surface area contributed by atoms with Crippen LogP contribution in [-0.4, -0.2) is 42.9 Å². The van der Waals surface area contributed by atoms with Gasteiger partial charge in [-0.3, -0.25) is 0 Å². The van der Waals surface area contributed by atoms with Crippen LogP contribution in [0, 0.1) is 0 Å². The first-order valence-corrected chi connectivity index (χ1v) is 7.60. The van der Waals surface area contributed by atoms with Crippen molar-refractivity contribution in [2.75, 3.05) is 31.7 Å². The third kappa shape index (κ3) is 6.58. The van der Waals surface area contributed by atoms with E-state index in [9.17, 15) is 4.57 Å². The molecule has 0 aromatic rings. The van der Waals surface area contributed by atoms with Crippen LogP contribution in [0.5, 0.6) is 0 Å². The van der Waals surface area contributed by atoms with Gasteiger partial charge in [0.25, 0.3) is 0 Å². The third-order valence-electron chi connectivity index (χ3n) is 2.09. The summed E-state index contributed by atoms with van der Waals surface area (Å²) in [5, 5.41) is 8.82. The lowest BCUT2D eigenvalue weighted by Gasteiger charge is -2.17. The van der Waals surface area contributed by atoms with E-state index in [1.165, 1.54) is 0 Å². The fraction of sp³-hybridized carbons (Fsp3) is 1.00. The normalized spacial score (nSPS) is 15.8. The molecule has 0 fully saturated rings. The van der Waals surface area contributed by atoms with Crippen LogP contribution in [-0.2, 0) is 9.30 Å². The van der Waals surface area contributed by atoms with Gasteiger partial charge in [-0.2, -0.15) is 0 Å². The van der Waals surface area contributed by atoms with Crippen LogP contribution in [0.2, 0.25) is 0 Å². The minimum atomic E-state index is -2.15. The van der Waals surface area contributed by atoms with Gasteiger partial charge in [-0.1, -0.05) is 6.92 Å². The molecule has 0 saturated carbocycles. The van der Waals surface area contributed by atoms with Crippen molar-refractivity contribution in [3.8, 4) is 0 Å². The zero-order valence-corrected chi connectivity index (χ0v) is 10.4. The second kappa shape index (κ2) is 7.44. The number of hydrogen-bond acceptors (Lipinski definition) is 3. The molecule has 0 amide bonds. The molecule has 1 unspecified atom stereocenters. The Labute approximate surface area is 87.2 Å². The van der Waals surface area contributed by atoms with Crippen molar-refractivity contribution in [2.24, 2.45) is 0 Å². The summed E-state index contributed by atoms with van der Waals surface area (Å²) in [6, 6.07) is 0. The molecule has 0 aromatic carbocycles. The van der Waals surface area contributed by atoms with Gasteiger partial charge in [0.1, 0.15) is 0 Å². The van der Waals surface area contributed by atoms with Gasteiger partial charge in [0, 0.05) is 25.1 Å². The highest BCUT2D eigenvalue weighted by Gasteiger charge is 2.19. The lowest BCUT2D eigenvalue weighted by molar-refractivity contribution is 0.0910. The number of aliphatic hydroxyl groups is 1. The molecule has 0 spiro atoms. The Balaban J connectivity index is 3.90. The molecular formula is C10H23O3P. The maximum atomic E-state index is 12.2. The average molecular weight is 222 g/mol. The highest BCUT2D eigenvalue weighted by molar-refractivity contribution is 7.63. The highest BCUT2D eigenvalue weighted by atomic mass is 31.2.